The Morgan fingerprint density at radius 1 is 0.939 bits per heavy atom. The van der Waals surface area contributed by atoms with E-state index < -0.39 is 0 Å². The Bertz CT molecular complexity index is 1040. The van der Waals surface area contributed by atoms with E-state index in [2.05, 4.69) is 37.4 Å². The number of hydrogen-bond donors (Lipinski definition) is 1. The minimum atomic E-state index is -0.194. The summed E-state index contributed by atoms with van der Waals surface area (Å²) in [5.41, 5.74) is 5.33. The molecule has 6 rings (SSSR count). The Hall–Kier alpha value is -2.49. The number of rotatable bonds is 7. The van der Waals surface area contributed by atoms with Gasteiger partial charge in [-0.3, -0.25) is 4.79 Å². The second-order valence-electron chi connectivity index (χ2n) is 11.0. The molecule has 4 saturated carbocycles. The molecule has 0 aliphatic heterocycles. The smallest absolute Gasteiger partial charge is 0.226 e. The average Bonchev–Trinajstić information content (AvgIpc) is 2.79. The van der Waals surface area contributed by atoms with Gasteiger partial charge in [0.15, 0.2) is 11.5 Å². The van der Waals surface area contributed by atoms with Crippen LogP contribution in [0.1, 0.15) is 60.8 Å². The first-order valence-corrected chi connectivity index (χ1v) is 12.4. The Kier molecular flexibility index (Phi) is 5.66. The zero-order valence-corrected chi connectivity index (χ0v) is 20.5. The second kappa shape index (κ2) is 8.38. The van der Waals surface area contributed by atoms with Gasteiger partial charge in [0.2, 0.25) is 5.91 Å². The lowest BCUT2D eigenvalue weighted by molar-refractivity contribution is -0.149. The molecule has 0 radical (unpaired) electrons. The van der Waals surface area contributed by atoms with E-state index in [4.69, 9.17) is 9.47 Å². The van der Waals surface area contributed by atoms with E-state index in [9.17, 15) is 4.79 Å². The maximum Gasteiger partial charge on any atom is 0.226 e. The van der Waals surface area contributed by atoms with Crippen LogP contribution in [0, 0.1) is 31.1 Å². The molecule has 33 heavy (non-hydrogen) atoms. The molecular weight excluding hydrogens is 410 g/mol. The molecule has 4 heteroatoms. The number of nitrogens with one attached hydrogen (secondary N) is 1. The highest BCUT2D eigenvalue weighted by molar-refractivity contribution is 5.83. The normalized spacial score (nSPS) is 29.7. The minimum Gasteiger partial charge on any atom is -0.493 e. The summed E-state index contributed by atoms with van der Waals surface area (Å²) in [7, 11) is 3.30. The Morgan fingerprint density at radius 2 is 1.67 bits per heavy atom. The van der Waals surface area contributed by atoms with Crippen LogP contribution < -0.4 is 14.8 Å². The summed E-state index contributed by atoms with van der Waals surface area (Å²) in [6.07, 6.45) is 7.76. The molecule has 176 valence electrons. The van der Waals surface area contributed by atoms with Gasteiger partial charge in [0.05, 0.1) is 19.6 Å². The molecule has 0 aromatic heterocycles. The fraction of sp³-hybridized carbons (Fsp3) is 0.552. The van der Waals surface area contributed by atoms with E-state index in [0.717, 1.165) is 42.7 Å². The Morgan fingerprint density at radius 3 is 2.33 bits per heavy atom. The third kappa shape index (κ3) is 3.92. The number of carbonyl (C=O) groups is 1. The average molecular weight is 448 g/mol. The topological polar surface area (TPSA) is 47.6 Å². The molecule has 4 atom stereocenters. The van der Waals surface area contributed by atoms with E-state index in [0.29, 0.717) is 18.4 Å². The summed E-state index contributed by atoms with van der Waals surface area (Å²) in [5.74, 6) is 3.12. The zero-order valence-electron chi connectivity index (χ0n) is 20.5. The van der Waals surface area contributed by atoms with Crippen molar-refractivity contribution >= 4 is 5.91 Å². The lowest BCUT2D eigenvalue weighted by Crippen LogP contribution is -2.59. The zero-order chi connectivity index (χ0) is 23.2. The maximum absolute atomic E-state index is 13.6. The molecule has 1 N–H and O–H groups in total. The number of methoxy groups -OCH3 is 2. The largest absolute Gasteiger partial charge is 0.493 e. The van der Waals surface area contributed by atoms with Gasteiger partial charge in [0.25, 0.3) is 0 Å². The third-order valence-corrected chi connectivity index (χ3v) is 8.81. The lowest BCUT2D eigenvalue weighted by Gasteiger charge is -2.61. The standard InChI is InChI=1S/C29H37NO3/c1-19-5-7-24(11-20(19)2)28-14-22-12-23(15-28)17-29(16-22,18-28)27(31)30-10-9-21-6-8-25(32-3)26(13-21)33-4/h5-8,11,13,22-23H,9-10,12,14-18H2,1-4H3,(H,30,31)/t22-,23+,28?,29?. The van der Waals surface area contributed by atoms with Crippen molar-refractivity contribution in [3.63, 3.8) is 0 Å². The van der Waals surface area contributed by atoms with Crippen LogP contribution in [0.5, 0.6) is 11.5 Å². The molecule has 4 aliphatic rings. The van der Waals surface area contributed by atoms with Crippen LogP contribution >= 0.6 is 0 Å². The van der Waals surface area contributed by atoms with Crippen molar-refractivity contribution in [2.45, 2.75) is 64.2 Å². The Balaban J connectivity index is 1.31. The number of hydrogen-bond acceptors (Lipinski definition) is 3. The molecular formula is C29H37NO3. The predicted octanol–water partition coefficient (Wildman–Crippen LogP) is 5.52. The molecule has 4 aliphatic carbocycles. The predicted molar refractivity (Wildman–Crippen MR) is 131 cm³/mol. The maximum atomic E-state index is 13.6. The first-order chi connectivity index (χ1) is 15.9. The molecule has 1 amide bonds. The number of carbonyl (C=O) groups excluding carboxylic acids is 1. The van der Waals surface area contributed by atoms with Crippen molar-refractivity contribution in [2.75, 3.05) is 20.8 Å². The molecule has 4 fully saturated rings. The van der Waals surface area contributed by atoms with Gasteiger partial charge in [-0.25, -0.2) is 0 Å². The number of aryl methyl sites for hydroxylation is 2. The van der Waals surface area contributed by atoms with Gasteiger partial charge in [-0.05, 0) is 110 Å². The molecule has 2 unspecified atom stereocenters. The van der Waals surface area contributed by atoms with E-state index >= 15 is 0 Å². The molecule has 0 heterocycles. The molecule has 4 bridgehead atoms. The van der Waals surface area contributed by atoms with Gasteiger partial charge in [-0.1, -0.05) is 24.3 Å². The van der Waals surface area contributed by atoms with Crippen molar-refractivity contribution < 1.29 is 14.3 Å². The van der Waals surface area contributed by atoms with Crippen LogP contribution in [-0.2, 0) is 16.6 Å². The fourth-order valence-corrected chi connectivity index (χ4v) is 7.48. The summed E-state index contributed by atoms with van der Waals surface area (Å²) >= 11 is 0. The first kappa shape index (κ1) is 22.3. The van der Waals surface area contributed by atoms with Gasteiger partial charge in [-0.15, -0.1) is 0 Å². The number of benzene rings is 2. The SMILES string of the molecule is COc1ccc(CCNC(=O)C23C[C@H]4C[C@@H](C2)CC(c2ccc(C)c(C)c2)(C4)C3)cc1OC. The van der Waals surface area contributed by atoms with Gasteiger partial charge in [-0.2, -0.15) is 0 Å². The van der Waals surface area contributed by atoms with Gasteiger partial charge < -0.3 is 14.8 Å². The summed E-state index contributed by atoms with van der Waals surface area (Å²) in [5, 5.41) is 3.33. The quantitative estimate of drug-likeness (QED) is 0.608. The molecule has 2 aromatic carbocycles. The molecule has 0 saturated heterocycles. The third-order valence-electron chi connectivity index (χ3n) is 8.81. The number of ether oxygens (including phenoxy) is 2. The van der Waals surface area contributed by atoms with Crippen LogP contribution in [0.25, 0.3) is 0 Å². The highest BCUT2D eigenvalue weighted by Crippen LogP contribution is 2.65. The van der Waals surface area contributed by atoms with Gasteiger partial charge in [0, 0.05) is 6.54 Å². The highest BCUT2D eigenvalue weighted by Gasteiger charge is 2.60. The van der Waals surface area contributed by atoms with Crippen LogP contribution in [0.3, 0.4) is 0 Å². The number of amides is 1. The summed E-state index contributed by atoms with van der Waals surface area (Å²) in [6.45, 7) is 5.06. The van der Waals surface area contributed by atoms with Crippen molar-refractivity contribution in [3.8, 4) is 11.5 Å². The summed E-state index contributed by atoms with van der Waals surface area (Å²) < 4.78 is 10.8. The molecule has 4 nitrogen and oxygen atoms in total. The minimum absolute atomic E-state index is 0.184. The molecule has 0 spiro atoms. The van der Waals surface area contributed by atoms with E-state index in [1.165, 1.54) is 36.0 Å². The van der Waals surface area contributed by atoms with Crippen LogP contribution in [-0.4, -0.2) is 26.7 Å². The monoisotopic (exact) mass is 447 g/mol. The molecule has 2 aromatic rings. The van der Waals surface area contributed by atoms with Crippen molar-refractivity contribution in [1.29, 1.82) is 0 Å². The second-order valence-corrected chi connectivity index (χ2v) is 11.0. The fourth-order valence-electron chi connectivity index (χ4n) is 7.48. The lowest BCUT2D eigenvalue weighted by atomic mass is 9.42. The van der Waals surface area contributed by atoms with Crippen LogP contribution in [0.15, 0.2) is 36.4 Å². The van der Waals surface area contributed by atoms with Crippen LogP contribution in [0.4, 0.5) is 0 Å². The van der Waals surface area contributed by atoms with Gasteiger partial charge >= 0.3 is 0 Å². The van der Waals surface area contributed by atoms with Crippen molar-refractivity contribution in [1.82, 2.24) is 5.32 Å². The van der Waals surface area contributed by atoms with E-state index in [-0.39, 0.29) is 16.7 Å². The highest BCUT2D eigenvalue weighted by atomic mass is 16.5. The van der Waals surface area contributed by atoms with Crippen LogP contribution in [0.2, 0.25) is 0 Å². The summed E-state index contributed by atoms with van der Waals surface area (Å²) in [6, 6.07) is 13.0. The van der Waals surface area contributed by atoms with E-state index in [1.54, 1.807) is 14.2 Å². The van der Waals surface area contributed by atoms with Crippen molar-refractivity contribution in [3.05, 3.63) is 58.7 Å². The first-order valence-electron chi connectivity index (χ1n) is 12.4. The van der Waals surface area contributed by atoms with Crippen molar-refractivity contribution in [2.24, 2.45) is 17.3 Å². The Labute approximate surface area is 198 Å². The van der Waals surface area contributed by atoms with E-state index in [1.807, 2.05) is 18.2 Å². The summed E-state index contributed by atoms with van der Waals surface area (Å²) in [4.78, 5) is 13.6. The van der Waals surface area contributed by atoms with Gasteiger partial charge in [0.1, 0.15) is 0 Å².